The number of nitrogens with zero attached hydrogens (tertiary/aromatic N) is 1. The molecule has 0 bridgehead atoms. The number of hydrogen-bond donors (Lipinski definition) is 2. The number of anilines is 1. The van der Waals surface area contributed by atoms with E-state index < -0.39 is 0 Å². The molecule has 0 radical (unpaired) electrons. The Kier molecular flexibility index (Phi) is 4.93. The highest BCUT2D eigenvalue weighted by molar-refractivity contribution is 5.95. The summed E-state index contributed by atoms with van der Waals surface area (Å²) in [6, 6.07) is 7.46. The van der Waals surface area contributed by atoms with Gasteiger partial charge in [-0.25, -0.2) is 0 Å². The van der Waals surface area contributed by atoms with Gasteiger partial charge >= 0.3 is 0 Å². The summed E-state index contributed by atoms with van der Waals surface area (Å²) >= 11 is 0. The van der Waals surface area contributed by atoms with E-state index in [1.807, 2.05) is 36.1 Å². The molecule has 2 aliphatic heterocycles. The fourth-order valence-electron chi connectivity index (χ4n) is 3.00. The molecule has 1 aromatic carbocycles. The molecule has 2 aliphatic rings. The molecule has 2 fully saturated rings. The summed E-state index contributed by atoms with van der Waals surface area (Å²) in [4.78, 5) is 25.8. The van der Waals surface area contributed by atoms with Gasteiger partial charge in [0.25, 0.3) is 0 Å². The molecule has 2 N–H and O–H groups in total. The first-order valence-corrected chi connectivity index (χ1v) is 8.17. The summed E-state index contributed by atoms with van der Waals surface area (Å²) in [5.41, 5.74) is 1.95. The van der Waals surface area contributed by atoms with E-state index in [1.54, 1.807) is 0 Å². The fraction of sp³-hybridized carbons (Fsp3) is 0.529. The van der Waals surface area contributed by atoms with Gasteiger partial charge in [-0.15, -0.1) is 0 Å². The van der Waals surface area contributed by atoms with Gasteiger partial charge in [-0.2, -0.15) is 0 Å². The lowest BCUT2D eigenvalue weighted by Crippen LogP contribution is -2.51. The maximum absolute atomic E-state index is 12.2. The van der Waals surface area contributed by atoms with Gasteiger partial charge in [0.1, 0.15) is 6.04 Å². The Balaban J connectivity index is 1.59. The second kappa shape index (κ2) is 7.10. The van der Waals surface area contributed by atoms with E-state index in [4.69, 9.17) is 4.74 Å². The van der Waals surface area contributed by atoms with Gasteiger partial charge in [0, 0.05) is 25.2 Å². The number of morpholine rings is 1. The fourth-order valence-corrected chi connectivity index (χ4v) is 3.00. The van der Waals surface area contributed by atoms with Crippen LogP contribution in [0.4, 0.5) is 5.69 Å². The lowest BCUT2D eigenvalue weighted by molar-refractivity contribution is -0.126. The van der Waals surface area contributed by atoms with E-state index in [0.717, 1.165) is 24.2 Å². The van der Waals surface area contributed by atoms with Crippen molar-refractivity contribution in [3.63, 3.8) is 0 Å². The van der Waals surface area contributed by atoms with Gasteiger partial charge in [-0.3, -0.25) is 9.59 Å². The topological polar surface area (TPSA) is 70.7 Å². The van der Waals surface area contributed by atoms with Crippen molar-refractivity contribution in [1.82, 2.24) is 10.6 Å². The Morgan fingerprint density at radius 3 is 2.78 bits per heavy atom. The van der Waals surface area contributed by atoms with Crippen molar-refractivity contribution in [1.29, 1.82) is 0 Å². The highest BCUT2D eigenvalue weighted by Gasteiger charge is 2.24. The Morgan fingerprint density at radius 2 is 2.17 bits per heavy atom. The number of carbonyl (C=O) groups is 2. The van der Waals surface area contributed by atoms with Crippen molar-refractivity contribution in [3.05, 3.63) is 29.8 Å². The lowest BCUT2D eigenvalue weighted by atomic mass is 10.1. The summed E-state index contributed by atoms with van der Waals surface area (Å²) in [5, 5.41) is 6.15. The second-order valence-electron chi connectivity index (χ2n) is 6.05. The Hall–Kier alpha value is -1.92. The molecule has 1 aromatic rings. The van der Waals surface area contributed by atoms with Gasteiger partial charge in [0.2, 0.25) is 11.8 Å². The van der Waals surface area contributed by atoms with Gasteiger partial charge in [0.05, 0.1) is 19.3 Å². The summed E-state index contributed by atoms with van der Waals surface area (Å²) < 4.78 is 5.31. The molecule has 0 aliphatic carbocycles. The first-order chi connectivity index (χ1) is 11.1. The minimum atomic E-state index is -0.285. The summed E-state index contributed by atoms with van der Waals surface area (Å²) in [5.74, 6) is 0.137. The minimum Gasteiger partial charge on any atom is -0.378 e. The van der Waals surface area contributed by atoms with Crippen LogP contribution < -0.4 is 15.5 Å². The molecule has 124 valence electrons. The highest BCUT2D eigenvalue weighted by Crippen LogP contribution is 2.23. The normalized spacial score (nSPS) is 22.9. The van der Waals surface area contributed by atoms with E-state index in [2.05, 4.69) is 10.6 Å². The molecule has 3 rings (SSSR count). The van der Waals surface area contributed by atoms with Gasteiger partial charge in [-0.05, 0) is 31.0 Å². The maximum atomic E-state index is 12.2. The molecule has 2 unspecified atom stereocenters. The zero-order chi connectivity index (χ0) is 16.2. The van der Waals surface area contributed by atoms with Crippen LogP contribution in [0.5, 0.6) is 0 Å². The van der Waals surface area contributed by atoms with Crippen molar-refractivity contribution >= 4 is 17.5 Å². The molecular formula is C17H23N3O3. The molecule has 6 heteroatoms. The predicted molar refractivity (Wildman–Crippen MR) is 87.2 cm³/mol. The van der Waals surface area contributed by atoms with Crippen molar-refractivity contribution < 1.29 is 14.3 Å². The van der Waals surface area contributed by atoms with E-state index >= 15 is 0 Å². The van der Waals surface area contributed by atoms with Crippen LogP contribution in [0, 0.1) is 0 Å². The van der Waals surface area contributed by atoms with E-state index in [-0.39, 0.29) is 23.9 Å². The minimum absolute atomic E-state index is 0.0454. The molecule has 6 nitrogen and oxygen atoms in total. The quantitative estimate of drug-likeness (QED) is 0.868. The molecule has 2 saturated heterocycles. The van der Waals surface area contributed by atoms with Crippen molar-refractivity contribution in [3.8, 4) is 0 Å². The molecule has 23 heavy (non-hydrogen) atoms. The lowest BCUT2D eigenvalue weighted by Gasteiger charge is -2.25. The van der Waals surface area contributed by atoms with Crippen molar-refractivity contribution in [2.75, 3.05) is 31.2 Å². The number of ether oxygens (including phenoxy) is 1. The van der Waals surface area contributed by atoms with Gasteiger partial charge in [-0.1, -0.05) is 12.1 Å². The number of benzene rings is 1. The van der Waals surface area contributed by atoms with Crippen LogP contribution in [0.3, 0.4) is 0 Å². The number of hydrogen-bond acceptors (Lipinski definition) is 4. The monoisotopic (exact) mass is 317 g/mol. The highest BCUT2D eigenvalue weighted by atomic mass is 16.5. The van der Waals surface area contributed by atoms with Gasteiger partial charge in [0.15, 0.2) is 0 Å². The molecular weight excluding hydrogens is 294 g/mol. The van der Waals surface area contributed by atoms with Crippen LogP contribution in [0.1, 0.15) is 31.4 Å². The van der Waals surface area contributed by atoms with Crippen LogP contribution in [0.25, 0.3) is 0 Å². The summed E-state index contributed by atoms with van der Waals surface area (Å²) in [6.07, 6.45) is 1.55. The number of carbonyl (C=O) groups excluding carboxylic acids is 2. The SMILES string of the molecule is CC(NC(=O)C1COCCN1)c1ccc(N2CCCC2=O)cc1. The van der Waals surface area contributed by atoms with Crippen LogP contribution in [-0.2, 0) is 14.3 Å². The third kappa shape index (κ3) is 3.71. The Labute approximate surface area is 136 Å². The van der Waals surface area contributed by atoms with Crippen LogP contribution in [0.2, 0.25) is 0 Å². The molecule has 2 atom stereocenters. The summed E-state index contributed by atoms with van der Waals surface area (Å²) in [6.45, 7) is 4.50. The predicted octanol–water partition coefficient (Wildman–Crippen LogP) is 0.979. The van der Waals surface area contributed by atoms with Crippen LogP contribution >= 0.6 is 0 Å². The number of amides is 2. The largest absolute Gasteiger partial charge is 0.378 e. The van der Waals surface area contributed by atoms with E-state index in [0.29, 0.717) is 26.2 Å². The van der Waals surface area contributed by atoms with Gasteiger partial charge < -0.3 is 20.3 Å². The van der Waals surface area contributed by atoms with Crippen molar-refractivity contribution in [2.45, 2.75) is 31.8 Å². The molecule has 0 spiro atoms. The number of nitrogens with one attached hydrogen (secondary N) is 2. The zero-order valence-corrected chi connectivity index (χ0v) is 13.4. The maximum Gasteiger partial charge on any atom is 0.240 e. The number of rotatable bonds is 4. The first kappa shape index (κ1) is 16.0. The molecule has 2 heterocycles. The second-order valence-corrected chi connectivity index (χ2v) is 6.05. The third-order valence-corrected chi connectivity index (χ3v) is 4.38. The third-order valence-electron chi connectivity index (χ3n) is 4.38. The standard InChI is InChI=1S/C17H23N3O3/c1-12(19-17(22)15-11-23-10-8-18-15)13-4-6-14(7-5-13)20-9-2-3-16(20)21/h4-7,12,15,18H,2-3,8-11H2,1H3,(H,19,22). The average Bonchev–Trinajstić information content (AvgIpc) is 3.02. The molecule has 0 aromatic heterocycles. The zero-order valence-electron chi connectivity index (χ0n) is 13.4. The van der Waals surface area contributed by atoms with E-state index in [9.17, 15) is 9.59 Å². The Bertz CT molecular complexity index is 567. The van der Waals surface area contributed by atoms with Crippen LogP contribution in [-0.4, -0.2) is 44.2 Å². The smallest absolute Gasteiger partial charge is 0.240 e. The molecule has 0 saturated carbocycles. The van der Waals surface area contributed by atoms with E-state index in [1.165, 1.54) is 0 Å². The summed E-state index contributed by atoms with van der Waals surface area (Å²) in [7, 11) is 0. The van der Waals surface area contributed by atoms with Crippen LogP contribution in [0.15, 0.2) is 24.3 Å². The van der Waals surface area contributed by atoms with Crippen molar-refractivity contribution in [2.24, 2.45) is 0 Å². The first-order valence-electron chi connectivity index (χ1n) is 8.17. The molecule has 2 amide bonds. The Morgan fingerprint density at radius 1 is 1.39 bits per heavy atom. The average molecular weight is 317 g/mol.